The average molecular weight is 281 g/mol. The summed E-state index contributed by atoms with van der Waals surface area (Å²) in [5.74, 6) is -0.454. The molecule has 0 saturated carbocycles. The molecule has 0 spiro atoms. The highest BCUT2D eigenvalue weighted by molar-refractivity contribution is 6.31. The van der Waals surface area contributed by atoms with Gasteiger partial charge in [0.05, 0.1) is 6.61 Å². The maximum Gasteiger partial charge on any atom is 0.139 e. The topological polar surface area (TPSA) is 29.5 Å². The molecule has 19 heavy (non-hydrogen) atoms. The molecule has 2 rings (SSSR count). The normalized spacial score (nSPS) is 14.1. The van der Waals surface area contributed by atoms with Crippen molar-refractivity contribution in [2.45, 2.75) is 5.60 Å². The summed E-state index contributed by atoms with van der Waals surface area (Å²) in [5, 5.41) is 11.2. The van der Waals surface area contributed by atoms with Gasteiger partial charge in [0.25, 0.3) is 0 Å². The van der Waals surface area contributed by atoms with Crippen LogP contribution in [0.4, 0.5) is 4.39 Å². The van der Waals surface area contributed by atoms with E-state index in [2.05, 4.69) is 0 Å². The highest BCUT2D eigenvalue weighted by Gasteiger charge is 2.34. The molecule has 0 aliphatic rings. The van der Waals surface area contributed by atoms with Crippen LogP contribution in [-0.2, 0) is 10.3 Å². The molecule has 0 heterocycles. The summed E-state index contributed by atoms with van der Waals surface area (Å²) < 4.78 is 18.5. The Kier molecular flexibility index (Phi) is 4.20. The number of methoxy groups -OCH3 is 1. The number of halogens is 2. The molecular weight excluding hydrogens is 267 g/mol. The molecule has 1 atom stereocenters. The molecule has 0 aromatic heterocycles. The molecule has 2 aromatic rings. The third kappa shape index (κ3) is 2.78. The number of benzene rings is 2. The SMILES string of the molecule is COCC(O)(c1ccccc1)c1cc(F)ccc1Cl. The number of rotatable bonds is 4. The minimum Gasteiger partial charge on any atom is -0.381 e. The number of ether oxygens (including phenoxy) is 1. The van der Waals surface area contributed by atoms with Crippen LogP contribution in [0, 0.1) is 5.82 Å². The Morgan fingerprint density at radius 3 is 2.53 bits per heavy atom. The van der Waals surface area contributed by atoms with E-state index in [0.29, 0.717) is 16.1 Å². The fourth-order valence-corrected chi connectivity index (χ4v) is 2.33. The van der Waals surface area contributed by atoms with Gasteiger partial charge in [-0.1, -0.05) is 41.9 Å². The van der Waals surface area contributed by atoms with Gasteiger partial charge in [0, 0.05) is 17.7 Å². The van der Waals surface area contributed by atoms with Crippen molar-refractivity contribution in [2.24, 2.45) is 0 Å². The monoisotopic (exact) mass is 280 g/mol. The summed E-state index contributed by atoms with van der Waals surface area (Å²) in [4.78, 5) is 0. The summed E-state index contributed by atoms with van der Waals surface area (Å²) >= 11 is 6.08. The van der Waals surface area contributed by atoms with Crippen molar-refractivity contribution < 1.29 is 14.2 Å². The van der Waals surface area contributed by atoms with E-state index in [9.17, 15) is 9.50 Å². The molecule has 4 heteroatoms. The van der Waals surface area contributed by atoms with Crippen LogP contribution in [0.3, 0.4) is 0 Å². The molecule has 0 saturated heterocycles. The largest absolute Gasteiger partial charge is 0.381 e. The number of hydrogen-bond donors (Lipinski definition) is 1. The summed E-state index contributed by atoms with van der Waals surface area (Å²) in [6.45, 7) is -0.0137. The smallest absolute Gasteiger partial charge is 0.139 e. The van der Waals surface area contributed by atoms with E-state index in [1.807, 2.05) is 6.07 Å². The summed E-state index contributed by atoms with van der Waals surface area (Å²) in [6.07, 6.45) is 0. The Morgan fingerprint density at radius 1 is 1.21 bits per heavy atom. The van der Waals surface area contributed by atoms with Crippen molar-refractivity contribution in [2.75, 3.05) is 13.7 Å². The first-order chi connectivity index (χ1) is 9.08. The van der Waals surface area contributed by atoms with Crippen LogP contribution in [0.15, 0.2) is 48.5 Å². The Balaban J connectivity index is 2.59. The second-order valence-electron chi connectivity index (χ2n) is 4.28. The van der Waals surface area contributed by atoms with E-state index in [1.54, 1.807) is 24.3 Å². The first kappa shape index (κ1) is 14.0. The van der Waals surface area contributed by atoms with Crippen LogP contribution >= 0.6 is 11.6 Å². The zero-order valence-corrected chi connectivity index (χ0v) is 11.2. The molecule has 2 aromatic carbocycles. The van der Waals surface area contributed by atoms with Gasteiger partial charge in [-0.25, -0.2) is 4.39 Å². The van der Waals surface area contributed by atoms with E-state index in [4.69, 9.17) is 16.3 Å². The summed E-state index contributed by atoms with van der Waals surface area (Å²) in [6, 6.07) is 12.8. The molecule has 2 nitrogen and oxygen atoms in total. The van der Waals surface area contributed by atoms with Crippen LogP contribution < -0.4 is 0 Å². The van der Waals surface area contributed by atoms with Crippen molar-refractivity contribution in [1.29, 1.82) is 0 Å². The molecule has 100 valence electrons. The standard InChI is InChI=1S/C15H14ClFO2/c1-19-10-15(18,11-5-3-2-4-6-11)13-9-12(17)7-8-14(13)16/h2-9,18H,10H2,1H3. The fraction of sp³-hybridized carbons (Fsp3) is 0.200. The predicted molar refractivity (Wildman–Crippen MR) is 72.7 cm³/mol. The molecule has 0 aliphatic carbocycles. The minimum atomic E-state index is -1.48. The first-order valence-electron chi connectivity index (χ1n) is 5.80. The molecular formula is C15H14ClFO2. The second-order valence-corrected chi connectivity index (χ2v) is 4.69. The number of hydrogen-bond acceptors (Lipinski definition) is 2. The van der Waals surface area contributed by atoms with Crippen molar-refractivity contribution >= 4 is 11.6 Å². The fourth-order valence-electron chi connectivity index (χ4n) is 2.05. The van der Waals surface area contributed by atoms with Gasteiger partial charge >= 0.3 is 0 Å². The van der Waals surface area contributed by atoms with E-state index in [-0.39, 0.29) is 6.61 Å². The summed E-state index contributed by atoms with van der Waals surface area (Å²) in [5.41, 5.74) is -0.582. The lowest BCUT2D eigenvalue weighted by atomic mass is 9.87. The Bertz CT molecular complexity index is 559. The quantitative estimate of drug-likeness (QED) is 0.930. The zero-order chi connectivity index (χ0) is 13.9. The first-order valence-corrected chi connectivity index (χ1v) is 6.18. The van der Waals surface area contributed by atoms with E-state index >= 15 is 0 Å². The molecule has 0 radical (unpaired) electrons. The zero-order valence-electron chi connectivity index (χ0n) is 10.4. The summed E-state index contributed by atoms with van der Waals surface area (Å²) in [7, 11) is 1.47. The van der Waals surface area contributed by atoms with Crippen LogP contribution in [-0.4, -0.2) is 18.8 Å². The minimum absolute atomic E-state index is 0.0137. The van der Waals surface area contributed by atoms with Gasteiger partial charge in [0.15, 0.2) is 0 Å². The van der Waals surface area contributed by atoms with Gasteiger partial charge in [-0.2, -0.15) is 0 Å². The molecule has 0 fully saturated rings. The van der Waals surface area contributed by atoms with Gasteiger partial charge in [-0.05, 0) is 23.8 Å². The van der Waals surface area contributed by atoms with Crippen LogP contribution in [0.2, 0.25) is 5.02 Å². The maximum absolute atomic E-state index is 13.4. The molecule has 1 N–H and O–H groups in total. The van der Waals surface area contributed by atoms with E-state index in [1.165, 1.54) is 25.3 Å². The lowest BCUT2D eigenvalue weighted by molar-refractivity contribution is -0.00339. The van der Waals surface area contributed by atoms with Gasteiger partial charge in [-0.15, -0.1) is 0 Å². The molecule has 0 amide bonds. The lowest BCUT2D eigenvalue weighted by Gasteiger charge is -2.29. The van der Waals surface area contributed by atoms with Gasteiger partial charge in [0.2, 0.25) is 0 Å². The van der Waals surface area contributed by atoms with Crippen LogP contribution in [0.5, 0.6) is 0 Å². The van der Waals surface area contributed by atoms with Crippen LogP contribution in [0.25, 0.3) is 0 Å². The lowest BCUT2D eigenvalue weighted by Crippen LogP contribution is -2.33. The van der Waals surface area contributed by atoms with Crippen molar-refractivity contribution in [3.8, 4) is 0 Å². The van der Waals surface area contributed by atoms with Gasteiger partial charge < -0.3 is 9.84 Å². The second kappa shape index (κ2) is 5.70. The van der Waals surface area contributed by atoms with Crippen LogP contribution in [0.1, 0.15) is 11.1 Å². The van der Waals surface area contributed by atoms with Crippen molar-refractivity contribution in [3.05, 3.63) is 70.5 Å². The number of aliphatic hydroxyl groups is 1. The molecule has 0 aliphatic heterocycles. The Labute approximate surface area is 116 Å². The Morgan fingerprint density at radius 2 is 1.89 bits per heavy atom. The van der Waals surface area contributed by atoms with Crippen molar-refractivity contribution in [3.63, 3.8) is 0 Å². The maximum atomic E-state index is 13.4. The highest BCUT2D eigenvalue weighted by Crippen LogP contribution is 2.35. The van der Waals surface area contributed by atoms with E-state index < -0.39 is 11.4 Å². The van der Waals surface area contributed by atoms with E-state index in [0.717, 1.165) is 0 Å². The highest BCUT2D eigenvalue weighted by atomic mass is 35.5. The third-order valence-electron chi connectivity index (χ3n) is 2.98. The van der Waals surface area contributed by atoms with Gasteiger partial charge in [-0.3, -0.25) is 0 Å². The average Bonchev–Trinajstić information content (AvgIpc) is 2.42. The molecule has 0 bridgehead atoms. The predicted octanol–water partition coefficient (Wildman–Crippen LogP) is 3.36. The Hall–Kier alpha value is -1.42. The van der Waals surface area contributed by atoms with Gasteiger partial charge in [0.1, 0.15) is 11.4 Å². The molecule has 1 unspecified atom stereocenters. The third-order valence-corrected chi connectivity index (χ3v) is 3.31. The van der Waals surface area contributed by atoms with Crippen molar-refractivity contribution in [1.82, 2.24) is 0 Å².